The minimum absolute atomic E-state index is 0.193. The molecule has 1 aliphatic carbocycles. The zero-order valence-corrected chi connectivity index (χ0v) is 16.2. The van der Waals surface area contributed by atoms with Crippen molar-refractivity contribution in [3.8, 4) is 0 Å². The second kappa shape index (κ2) is 10.1. The molecule has 1 amide bonds. The number of hydrogen-bond acceptors (Lipinski definition) is 3. The zero-order valence-electron chi connectivity index (χ0n) is 14.6. The molecule has 152 valence electrons. The molecule has 0 bridgehead atoms. The molecule has 0 aliphatic heterocycles. The Morgan fingerprint density at radius 1 is 1.07 bits per heavy atom. The number of carbonyl (C=O) groups is 1. The van der Waals surface area contributed by atoms with E-state index >= 15 is 0 Å². The molecule has 0 unspecified atom stereocenters. The third kappa shape index (κ3) is 6.39. The molecule has 2 aromatic carbocycles. The highest BCUT2D eigenvalue weighted by atomic mass is 35.5. The normalized spacial score (nSPS) is 18.8. The minimum Gasteiger partial charge on any atom is -0.393 e. The Hall–Kier alpha value is -1.77. The van der Waals surface area contributed by atoms with Crippen molar-refractivity contribution < 1.29 is 27.5 Å². The van der Waals surface area contributed by atoms with Gasteiger partial charge in [-0.15, -0.1) is 12.6 Å². The summed E-state index contributed by atoms with van der Waals surface area (Å²) in [6, 6.07) is 5.66. The number of amides is 1. The highest BCUT2D eigenvalue weighted by Crippen LogP contribution is 2.23. The van der Waals surface area contributed by atoms with Crippen LogP contribution in [0.2, 0.25) is 5.02 Å². The first-order valence-electron chi connectivity index (χ1n) is 8.44. The average Bonchev–Trinajstić information content (AvgIpc) is 2.65. The highest BCUT2D eigenvalue weighted by Gasteiger charge is 2.17. The van der Waals surface area contributed by atoms with Gasteiger partial charge in [0.05, 0.1) is 11.1 Å². The summed E-state index contributed by atoms with van der Waals surface area (Å²) in [4.78, 5) is 12.2. The number of anilines is 1. The first kappa shape index (κ1) is 22.5. The molecule has 0 atom stereocenters. The third-order valence-corrected chi connectivity index (χ3v) is 4.91. The van der Waals surface area contributed by atoms with Crippen molar-refractivity contribution in [2.75, 3.05) is 5.32 Å². The van der Waals surface area contributed by atoms with E-state index in [2.05, 4.69) is 17.9 Å². The molecule has 9 heteroatoms. The van der Waals surface area contributed by atoms with Crippen LogP contribution in [0.15, 0.2) is 35.2 Å². The number of rotatable bonds is 2. The van der Waals surface area contributed by atoms with Gasteiger partial charge in [0.2, 0.25) is 0 Å². The van der Waals surface area contributed by atoms with Gasteiger partial charge in [-0.1, -0.05) is 11.6 Å². The van der Waals surface area contributed by atoms with Crippen molar-refractivity contribution >= 4 is 35.8 Å². The molecule has 0 radical (unpaired) electrons. The van der Waals surface area contributed by atoms with E-state index < -0.39 is 29.5 Å². The summed E-state index contributed by atoms with van der Waals surface area (Å²) >= 11 is 9.81. The van der Waals surface area contributed by atoms with E-state index in [4.69, 9.17) is 16.7 Å². The Bertz CT molecular complexity index is 812. The van der Waals surface area contributed by atoms with Crippen molar-refractivity contribution in [1.82, 2.24) is 0 Å². The lowest BCUT2D eigenvalue weighted by atomic mass is 9.96. The van der Waals surface area contributed by atoms with Gasteiger partial charge in [0.25, 0.3) is 5.91 Å². The Morgan fingerprint density at radius 2 is 1.64 bits per heavy atom. The number of halogens is 5. The standard InChI is InChI=1S/C13H7ClF3NOS.C6H11FO/c14-8-2-1-6(3-11(8)20)13(19)18-7-4-9(15)12(17)10(16)5-7;7-5-1-3-6(8)4-2-5/h1-5,20H,(H,18,19);5-6,8H,1-4H2. The first-order chi connectivity index (χ1) is 13.2. The average molecular weight is 436 g/mol. The van der Waals surface area contributed by atoms with Crippen LogP contribution < -0.4 is 5.32 Å². The van der Waals surface area contributed by atoms with Crippen molar-refractivity contribution in [3.05, 3.63) is 58.4 Å². The molecule has 2 aromatic rings. The van der Waals surface area contributed by atoms with E-state index in [1.165, 1.54) is 18.2 Å². The van der Waals surface area contributed by atoms with Gasteiger partial charge in [-0.25, -0.2) is 17.6 Å². The van der Waals surface area contributed by atoms with Gasteiger partial charge < -0.3 is 10.4 Å². The van der Waals surface area contributed by atoms with Crippen LogP contribution in [0.3, 0.4) is 0 Å². The molecule has 0 aromatic heterocycles. The van der Waals surface area contributed by atoms with E-state index in [0.717, 1.165) is 0 Å². The lowest BCUT2D eigenvalue weighted by molar-refractivity contribution is 0.0940. The molecular weight excluding hydrogens is 418 g/mol. The highest BCUT2D eigenvalue weighted by molar-refractivity contribution is 7.80. The Kier molecular flexibility index (Phi) is 8.15. The summed E-state index contributed by atoms with van der Waals surface area (Å²) in [5.74, 6) is -4.98. The van der Waals surface area contributed by atoms with Crippen LogP contribution in [-0.4, -0.2) is 23.3 Å². The van der Waals surface area contributed by atoms with E-state index in [-0.39, 0.29) is 17.4 Å². The molecule has 0 saturated heterocycles. The topological polar surface area (TPSA) is 49.3 Å². The summed E-state index contributed by atoms with van der Waals surface area (Å²) in [6.45, 7) is 0. The molecule has 0 spiro atoms. The summed E-state index contributed by atoms with van der Waals surface area (Å²) in [6.07, 6.45) is 1.56. The van der Waals surface area contributed by atoms with Crippen LogP contribution in [-0.2, 0) is 0 Å². The Labute approximate surface area is 170 Å². The molecule has 2 N–H and O–H groups in total. The van der Waals surface area contributed by atoms with Gasteiger partial charge in [-0.3, -0.25) is 4.79 Å². The fourth-order valence-electron chi connectivity index (χ4n) is 2.52. The number of benzene rings is 2. The molecule has 28 heavy (non-hydrogen) atoms. The number of aliphatic hydroxyl groups excluding tert-OH is 1. The van der Waals surface area contributed by atoms with E-state index in [1.807, 2.05) is 0 Å². The quantitative estimate of drug-likeness (QED) is 0.329. The number of alkyl halides is 1. The largest absolute Gasteiger partial charge is 0.393 e. The lowest BCUT2D eigenvalue weighted by Gasteiger charge is -2.18. The predicted molar refractivity (Wildman–Crippen MR) is 102 cm³/mol. The number of nitrogens with one attached hydrogen (secondary N) is 1. The van der Waals surface area contributed by atoms with Gasteiger partial charge >= 0.3 is 0 Å². The summed E-state index contributed by atoms with van der Waals surface area (Å²) in [5, 5.41) is 11.5. The molecule has 1 aliphatic rings. The maximum atomic E-state index is 13.0. The van der Waals surface area contributed by atoms with Crippen LogP contribution in [0.1, 0.15) is 36.0 Å². The number of carbonyl (C=O) groups excluding carboxylic acids is 1. The molecular formula is C19H18ClF4NO2S. The number of thiol groups is 1. The van der Waals surface area contributed by atoms with Gasteiger partial charge in [-0.05, 0) is 43.9 Å². The molecule has 1 fully saturated rings. The molecule has 0 heterocycles. The maximum Gasteiger partial charge on any atom is 0.255 e. The number of aliphatic hydroxyl groups is 1. The van der Waals surface area contributed by atoms with Crippen LogP contribution in [0.5, 0.6) is 0 Å². The molecule has 3 rings (SSSR count). The fourth-order valence-corrected chi connectivity index (χ4v) is 2.85. The summed E-state index contributed by atoms with van der Waals surface area (Å²) in [5.41, 5.74) is 0.00612. The van der Waals surface area contributed by atoms with Crippen molar-refractivity contribution in [2.24, 2.45) is 0 Å². The predicted octanol–water partition coefficient (Wildman–Crippen LogP) is 5.56. The fraction of sp³-hybridized carbons (Fsp3) is 0.316. The van der Waals surface area contributed by atoms with Crippen LogP contribution in [0, 0.1) is 17.5 Å². The Balaban J connectivity index is 0.000000292. The van der Waals surface area contributed by atoms with Crippen LogP contribution >= 0.6 is 24.2 Å². The summed E-state index contributed by atoms with van der Waals surface area (Å²) in [7, 11) is 0. The van der Waals surface area contributed by atoms with Crippen molar-refractivity contribution in [1.29, 1.82) is 0 Å². The van der Waals surface area contributed by atoms with Crippen LogP contribution in [0.25, 0.3) is 0 Å². The third-order valence-electron chi connectivity index (χ3n) is 4.08. The zero-order chi connectivity index (χ0) is 20.8. The second-order valence-electron chi connectivity index (χ2n) is 6.28. The summed E-state index contributed by atoms with van der Waals surface area (Å²) < 4.78 is 51.1. The molecule has 3 nitrogen and oxygen atoms in total. The molecule has 1 saturated carbocycles. The second-order valence-corrected chi connectivity index (χ2v) is 7.17. The van der Waals surface area contributed by atoms with E-state index in [0.29, 0.717) is 47.7 Å². The SMILES string of the molecule is O=C(Nc1cc(F)c(F)c(F)c1)c1ccc(Cl)c(S)c1.OC1CCC(F)CC1. The van der Waals surface area contributed by atoms with Gasteiger partial charge in [0.1, 0.15) is 6.17 Å². The number of hydrogen-bond donors (Lipinski definition) is 3. The van der Waals surface area contributed by atoms with Gasteiger partial charge in [-0.2, -0.15) is 0 Å². The van der Waals surface area contributed by atoms with E-state index in [1.54, 1.807) is 0 Å². The van der Waals surface area contributed by atoms with Crippen LogP contribution in [0.4, 0.5) is 23.2 Å². The first-order valence-corrected chi connectivity index (χ1v) is 9.26. The minimum atomic E-state index is -1.59. The monoisotopic (exact) mass is 435 g/mol. The Morgan fingerprint density at radius 3 is 2.14 bits per heavy atom. The van der Waals surface area contributed by atoms with Crippen molar-refractivity contribution in [3.63, 3.8) is 0 Å². The smallest absolute Gasteiger partial charge is 0.255 e. The maximum absolute atomic E-state index is 13.0. The van der Waals surface area contributed by atoms with Gasteiger partial charge in [0.15, 0.2) is 17.5 Å². The van der Waals surface area contributed by atoms with Crippen molar-refractivity contribution in [2.45, 2.75) is 42.9 Å². The van der Waals surface area contributed by atoms with Gasteiger partial charge in [0, 0.05) is 28.3 Å². The van der Waals surface area contributed by atoms with E-state index in [9.17, 15) is 22.4 Å². The lowest BCUT2D eigenvalue weighted by Crippen LogP contribution is -2.18.